The van der Waals surface area contributed by atoms with Crippen LogP contribution in [-0.4, -0.2) is 59.8 Å². The highest BCUT2D eigenvalue weighted by Crippen LogP contribution is 2.57. The van der Waals surface area contributed by atoms with E-state index >= 15 is 0 Å². The Morgan fingerprint density at radius 3 is 0.462 bits per heavy atom. The summed E-state index contributed by atoms with van der Waals surface area (Å²) in [6, 6.07) is 8.89. The Hall–Kier alpha value is -6.58. The Kier molecular flexibility index (Phi) is 13.7. The molecule has 0 atom stereocenters. The second kappa shape index (κ2) is 18.5. The number of anilines is 8. The van der Waals surface area contributed by atoms with E-state index in [1.165, 1.54) is 0 Å². The molecule has 16 heteroatoms. The van der Waals surface area contributed by atoms with E-state index in [1.807, 2.05) is 0 Å². The topological polar surface area (TPSA) is 168 Å². The van der Waals surface area contributed by atoms with Crippen molar-refractivity contribution < 1.29 is 0 Å². The van der Waals surface area contributed by atoms with Gasteiger partial charge in [-0.25, -0.2) is 19.9 Å². The number of hydrogen-bond acceptors (Lipinski definition) is 16. The van der Waals surface area contributed by atoms with Gasteiger partial charge in [0, 0.05) is 43.3 Å². The zero-order chi connectivity index (χ0) is 58.3. The van der Waals surface area contributed by atoms with E-state index in [1.54, 1.807) is 0 Å². The fraction of sp³-hybridized carbons (Fsp3) is 0.581. The van der Waals surface area contributed by atoms with Gasteiger partial charge in [0.25, 0.3) is 0 Å². The van der Waals surface area contributed by atoms with Gasteiger partial charge in [-0.1, -0.05) is 166 Å². The summed E-state index contributed by atoms with van der Waals surface area (Å²) in [6.45, 7) is 60.0. The van der Waals surface area contributed by atoms with Crippen molar-refractivity contribution >= 4 is 46.5 Å². The first kappa shape index (κ1) is 57.6. The Bertz CT molecular complexity index is 2810. The largest absolute Gasteiger partial charge is 0.259 e. The van der Waals surface area contributed by atoms with Gasteiger partial charge in [0.1, 0.15) is 46.6 Å². The highest BCUT2D eigenvalue weighted by molar-refractivity contribution is 5.98. The SMILES string of the molecule is Cc1cc2c(cc1C)N(c1nc(C(C)(C)C)nc(C(C)(C)C)n1)C(=C1N(c3nc(C(C)(C)C)nc(C(C)(C)C)n3)c3cc(C)c(C)cc3N1c1nc(C(C)(C)C)nc(C(C)(C)C)n1)N2c1nc(C(C)(C)C)nc(C(C)(C)C)n1. The number of rotatable bonds is 4. The third-order valence-electron chi connectivity index (χ3n) is 13.9. The maximum atomic E-state index is 5.54. The molecule has 8 rings (SSSR count). The van der Waals surface area contributed by atoms with E-state index in [4.69, 9.17) is 59.8 Å². The number of nitrogens with zero attached hydrogens (tertiary/aromatic N) is 16. The summed E-state index contributed by atoms with van der Waals surface area (Å²) in [6.07, 6.45) is 0. The van der Waals surface area contributed by atoms with Gasteiger partial charge in [-0.2, -0.15) is 39.9 Å². The van der Waals surface area contributed by atoms with E-state index < -0.39 is 43.3 Å². The molecule has 2 aliphatic rings. The van der Waals surface area contributed by atoms with Gasteiger partial charge in [0.05, 0.1) is 22.7 Å². The number of benzene rings is 2. The van der Waals surface area contributed by atoms with Crippen LogP contribution in [-0.2, 0) is 43.3 Å². The van der Waals surface area contributed by atoms with Crippen LogP contribution in [0, 0.1) is 27.7 Å². The van der Waals surface area contributed by atoms with E-state index in [0.717, 1.165) is 45.0 Å². The van der Waals surface area contributed by atoms with Crippen LogP contribution < -0.4 is 19.6 Å². The lowest BCUT2D eigenvalue weighted by Gasteiger charge is -2.33. The average molecular weight is 1060 g/mol. The second-order valence-electron chi connectivity index (χ2n) is 30.0. The van der Waals surface area contributed by atoms with Gasteiger partial charge in [-0.05, 0) is 74.2 Å². The van der Waals surface area contributed by atoms with Gasteiger partial charge in [-0.3, -0.25) is 19.6 Å². The molecule has 0 aliphatic carbocycles. The van der Waals surface area contributed by atoms with Gasteiger partial charge < -0.3 is 0 Å². The van der Waals surface area contributed by atoms with Crippen LogP contribution in [0.5, 0.6) is 0 Å². The molecule has 0 saturated heterocycles. The van der Waals surface area contributed by atoms with Gasteiger partial charge in [0.15, 0.2) is 11.6 Å². The predicted molar refractivity (Wildman–Crippen MR) is 316 cm³/mol. The summed E-state index contributed by atoms with van der Waals surface area (Å²) in [5, 5.41) is 0. The lowest BCUT2D eigenvalue weighted by Crippen LogP contribution is -2.38. The molecule has 4 aromatic heterocycles. The zero-order valence-corrected chi connectivity index (χ0v) is 52.5. The predicted octanol–water partition coefficient (Wildman–Crippen LogP) is 14.4. The zero-order valence-electron chi connectivity index (χ0n) is 52.5. The Balaban J connectivity index is 1.74. The second-order valence-corrected chi connectivity index (χ2v) is 30.0. The Morgan fingerprint density at radius 1 is 0.218 bits per heavy atom. The van der Waals surface area contributed by atoms with Gasteiger partial charge >= 0.3 is 0 Å². The first-order valence-electron chi connectivity index (χ1n) is 27.6. The molecule has 0 unspecified atom stereocenters. The third kappa shape index (κ3) is 10.8. The maximum Gasteiger partial charge on any atom is 0.239 e. The van der Waals surface area contributed by atoms with E-state index in [0.29, 0.717) is 82.0 Å². The van der Waals surface area contributed by atoms with Crippen LogP contribution in [0.3, 0.4) is 0 Å². The summed E-state index contributed by atoms with van der Waals surface area (Å²) in [5.41, 5.74) is 3.77. The van der Waals surface area contributed by atoms with Crippen molar-refractivity contribution in [2.45, 2.75) is 237 Å². The van der Waals surface area contributed by atoms with E-state index in [2.05, 4.69) is 238 Å². The average Bonchev–Trinajstić information content (AvgIpc) is 3.77. The van der Waals surface area contributed by atoms with Gasteiger partial charge in [0.2, 0.25) is 23.8 Å². The van der Waals surface area contributed by atoms with Crippen molar-refractivity contribution in [2.24, 2.45) is 0 Å². The molecule has 2 aliphatic heterocycles. The molecule has 6 heterocycles. The normalized spacial score (nSPS) is 15.0. The molecule has 2 aromatic carbocycles. The maximum absolute atomic E-state index is 5.54. The van der Waals surface area contributed by atoms with Crippen molar-refractivity contribution in [1.29, 1.82) is 0 Å². The molecule has 0 spiro atoms. The fourth-order valence-electron chi connectivity index (χ4n) is 8.70. The van der Waals surface area contributed by atoms with Crippen LogP contribution in [0.25, 0.3) is 0 Å². The molecule has 0 amide bonds. The van der Waals surface area contributed by atoms with E-state index in [9.17, 15) is 0 Å². The van der Waals surface area contributed by atoms with E-state index in [-0.39, 0.29) is 0 Å². The van der Waals surface area contributed by atoms with Crippen molar-refractivity contribution in [3.8, 4) is 0 Å². The monoisotopic (exact) mass is 1060 g/mol. The molecule has 16 nitrogen and oxygen atoms in total. The van der Waals surface area contributed by atoms with Crippen LogP contribution >= 0.6 is 0 Å². The van der Waals surface area contributed by atoms with Crippen LogP contribution in [0.4, 0.5) is 46.5 Å². The molecule has 0 N–H and O–H groups in total. The van der Waals surface area contributed by atoms with Gasteiger partial charge in [-0.15, -0.1) is 0 Å². The van der Waals surface area contributed by atoms with Crippen LogP contribution in [0.15, 0.2) is 35.9 Å². The Labute approximate surface area is 466 Å². The quantitative estimate of drug-likeness (QED) is 0.163. The molecular formula is C62H88N16. The number of aryl methyl sites for hydroxylation is 4. The number of aromatic nitrogens is 12. The highest BCUT2D eigenvalue weighted by atomic mass is 15.6. The fourth-order valence-corrected chi connectivity index (χ4v) is 8.70. The van der Waals surface area contributed by atoms with Crippen molar-refractivity contribution in [2.75, 3.05) is 19.6 Å². The summed E-state index contributed by atoms with van der Waals surface area (Å²) in [4.78, 5) is 73.9. The molecule has 0 fully saturated rings. The highest BCUT2D eigenvalue weighted by Gasteiger charge is 2.50. The molecule has 78 heavy (non-hydrogen) atoms. The van der Waals surface area contributed by atoms with Crippen LogP contribution in [0.2, 0.25) is 0 Å². The molecular weight excluding hydrogens is 969 g/mol. The summed E-state index contributed by atoms with van der Waals surface area (Å²) < 4.78 is 0. The smallest absolute Gasteiger partial charge is 0.239 e. The minimum atomic E-state index is -0.472. The molecule has 0 bridgehead atoms. The molecule has 416 valence electrons. The summed E-state index contributed by atoms with van der Waals surface area (Å²) in [5.74, 6) is 8.03. The lowest BCUT2D eigenvalue weighted by molar-refractivity contribution is 0.494. The molecule has 6 aromatic rings. The lowest BCUT2D eigenvalue weighted by atomic mass is 9.93. The minimum Gasteiger partial charge on any atom is -0.259 e. The van der Waals surface area contributed by atoms with Crippen LogP contribution in [0.1, 0.15) is 235 Å². The summed E-state index contributed by atoms with van der Waals surface area (Å²) >= 11 is 0. The third-order valence-corrected chi connectivity index (χ3v) is 13.9. The molecule has 0 radical (unpaired) electrons. The summed E-state index contributed by atoms with van der Waals surface area (Å²) in [7, 11) is 0. The number of fused-ring (bicyclic) bond motifs is 2. The standard InChI is InChI=1S/C62H88N16/c1-33-29-37-38(30-34(33)2)76(52-69-45(57(11,12)13)64-46(70-52)58(14,15)16)41(75(37)51-67-43(55(5,6)7)63-44(68-51)56(8,9)10)42-77(53-71-47(59(17,18)19)65-48(72-53)60(20,21)22)39-31-35(3)36(4)32-40(39)78(42)54-73-49(61(23,24)25)66-50(74-54)62(26,27)28/h29-32H,1-28H3. The first-order chi connectivity index (χ1) is 35.3. The minimum absolute atomic E-state index is 0.418. The number of hydrogen-bond donors (Lipinski definition) is 0. The van der Waals surface area contributed by atoms with Crippen molar-refractivity contribution in [3.63, 3.8) is 0 Å². The van der Waals surface area contributed by atoms with Crippen molar-refractivity contribution in [1.82, 2.24) is 59.8 Å². The Morgan fingerprint density at radius 2 is 0.346 bits per heavy atom. The molecule has 0 saturated carbocycles. The van der Waals surface area contributed by atoms with Crippen molar-refractivity contribution in [3.05, 3.63) is 105 Å². The first-order valence-corrected chi connectivity index (χ1v) is 27.6.